The first-order valence-electron chi connectivity index (χ1n) is 7.28. The highest BCUT2D eigenvalue weighted by molar-refractivity contribution is 5.92. The van der Waals surface area contributed by atoms with Crippen molar-refractivity contribution in [3.05, 3.63) is 28.6 Å². The van der Waals surface area contributed by atoms with E-state index in [4.69, 9.17) is 4.74 Å². The molecule has 0 spiro atoms. The average Bonchev–Trinajstić information content (AvgIpc) is 2.58. The van der Waals surface area contributed by atoms with Crippen molar-refractivity contribution in [2.24, 2.45) is 0 Å². The number of aromatic nitrogens is 1. The Kier molecular flexibility index (Phi) is 4.59. The molecule has 1 unspecified atom stereocenters. The largest absolute Gasteiger partial charge is 0.465 e. The van der Waals surface area contributed by atoms with Crippen LogP contribution >= 0.6 is 0 Å². The quantitative estimate of drug-likeness (QED) is 0.607. The first-order chi connectivity index (χ1) is 9.84. The molecule has 0 radical (unpaired) electrons. The highest BCUT2D eigenvalue weighted by atomic mass is 19.3. The van der Waals surface area contributed by atoms with Gasteiger partial charge in [-0.3, -0.25) is 4.98 Å². The Morgan fingerprint density at radius 2 is 2.05 bits per heavy atom. The lowest BCUT2D eigenvalue weighted by Crippen LogP contribution is -2.16. The van der Waals surface area contributed by atoms with E-state index < -0.39 is 11.9 Å². The summed E-state index contributed by atoms with van der Waals surface area (Å²) in [7, 11) is 1.33. The Labute approximate surface area is 123 Å². The van der Waals surface area contributed by atoms with Crippen molar-refractivity contribution < 1.29 is 18.3 Å². The summed E-state index contributed by atoms with van der Waals surface area (Å²) >= 11 is 0. The fraction of sp³-hybridized carbons (Fsp3) is 0.625. The molecule has 3 nitrogen and oxygen atoms in total. The van der Waals surface area contributed by atoms with E-state index in [1.165, 1.54) is 7.11 Å². The van der Waals surface area contributed by atoms with Crippen LogP contribution < -0.4 is 0 Å². The van der Waals surface area contributed by atoms with Gasteiger partial charge in [-0.2, -0.15) is 0 Å². The Balaban J connectivity index is 2.40. The molecule has 5 heteroatoms. The number of aryl methyl sites for hydroxylation is 2. The van der Waals surface area contributed by atoms with Gasteiger partial charge < -0.3 is 4.74 Å². The molecule has 1 fully saturated rings. The number of nitrogens with zero attached hydrogens (tertiary/aromatic N) is 1. The smallest absolute Gasteiger partial charge is 0.339 e. The number of carbonyl (C=O) groups excluding carboxylic acids is 1. The standard InChI is InChI=1S/C16H21F2NO2/c1-10-9-11(2)19-14(13(10)15(20)21-3)12-5-4-7-16(17,18)8-6-12/h9,12H,4-8H2,1-3H3. The minimum atomic E-state index is -2.60. The zero-order valence-electron chi connectivity index (χ0n) is 12.7. The van der Waals surface area contributed by atoms with E-state index in [-0.39, 0.29) is 18.8 Å². The summed E-state index contributed by atoms with van der Waals surface area (Å²) < 4.78 is 31.9. The van der Waals surface area contributed by atoms with Gasteiger partial charge in [0.05, 0.1) is 18.4 Å². The van der Waals surface area contributed by atoms with E-state index >= 15 is 0 Å². The molecule has 0 aliphatic heterocycles. The highest BCUT2D eigenvalue weighted by Crippen LogP contribution is 2.39. The summed E-state index contributed by atoms with van der Waals surface area (Å²) in [6.45, 7) is 3.68. The second-order valence-corrected chi connectivity index (χ2v) is 5.82. The fourth-order valence-electron chi connectivity index (χ4n) is 3.06. The number of pyridine rings is 1. The Morgan fingerprint density at radius 1 is 1.33 bits per heavy atom. The number of alkyl halides is 2. The SMILES string of the molecule is COC(=O)c1c(C)cc(C)nc1C1CCCC(F)(F)CC1. The molecular weight excluding hydrogens is 276 g/mol. The maximum absolute atomic E-state index is 13.5. The van der Waals surface area contributed by atoms with E-state index in [2.05, 4.69) is 4.98 Å². The van der Waals surface area contributed by atoms with Crippen LogP contribution in [-0.2, 0) is 4.74 Å². The summed E-state index contributed by atoms with van der Waals surface area (Å²) in [5.74, 6) is -3.14. The Hall–Kier alpha value is -1.52. The molecule has 0 saturated heterocycles. The molecule has 1 aromatic heterocycles. The Morgan fingerprint density at radius 3 is 2.71 bits per heavy atom. The van der Waals surface area contributed by atoms with Gasteiger partial charge in [0.15, 0.2) is 0 Å². The third-order valence-electron chi connectivity index (χ3n) is 4.10. The molecular formula is C16H21F2NO2. The van der Waals surface area contributed by atoms with E-state index in [1.807, 2.05) is 19.9 Å². The van der Waals surface area contributed by atoms with Crippen LogP contribution in [0.5, 0.6) is 0 Å². The molecule has 1 aliphatic rings. The van der Waals surface area contributed by atoms with E-state index in [0.29, 0.717) is 30.5 Å². The molecule has 0 bridgehead atoms. The number of halogens is 2. The molecule has 0 aromatic carbocycles. The monoisotopic (exact) mass is 297 g/mol. The minimum absolute atomic E-state index is 0.0815. The van der Waals surface area contributed by atoms with Crippen LogP contribution in [0.4, 0.5) is 8.78 Å². The van der Waals surface area contributed by atoms with Crippen molar-refractivity contribution in [3.8, 4) is 0 Å². The Bertz CT molecular complexity index is 543. The van der Waals surface area contributed by atoms with Crippen LogP contribution in [0.3, 0.4) is 0 Å². The van der Waals surface area contributed by atoms with Gasteiger partial charge in [0.2, 0.25) is 5.92 Å². The van der Waals surface area contributed by atoms with Crippen molar-refractivity contribution in [1.82, 2.24) is 4.98 Å². The molecule has 1 aromatic rings. The number of ether oxygens (including phenoxy) is 1. The lowest BCUT2D eigenvalue weighted by Gasteiger charge is -2.19. The molecule has 0 amide bonds. The van der Waals surface area contributed by atoms with Crippen molar-refractivity contribution in [2.75, 3.05) is 7.11 Å². The fourth-order valence-corrected chi connectivity index (χ4v) is 3.06. The van der Waals surface area contributed by atoms with Crippen LogP contribution in [0, 0.1) is 13.8 Å². The molecule has 1 saturated carbocycles. The highest BCUT2D eigenvalue weighted by Gasteiger charge is 2.34. The number of hydrogen-bond donors (Lipinski definition) is 0. The molecule has 1 atom stereocenters. The predicted octanol–water partition coefficient (Wildman–Crippen LogP) is 4.17. The first-order valence-corrected chi connectivity index (χ1v) is 7.28. The van der Waals surface area contributed by atoms with Gasteiger partial charge in [0.25, 0.3) is 0 Å². The van der Waals surface area contributed by atoms with Crippen molar-refractivity contribution in [3.63, 3.8) is 0 Å². The molecule has 116 valence electrons. The van der Waals surface area contributed by atoms with Crippen LogP contribution in [0.1, 0.15) is 65.3 Å². The van der Waals surface area contributed by atoms with Gasteiger partial charge in [-0.05, 0) is 44.7 Å². The summed E-state index contributed by atoms with van der Waals surface area (Å²) in [6, 6.07) is 1.82. The zero-order valence-corrected chi connectivity index (χ0v) is 12.7. The number of methoxy groups -OCH3 is 1. The number of rotatable bonds is 2. The summed E-state index contributed by atoms with van der Waals surface area (Å²) in [4.78, 5) is 16.5. The second kappa shape index (κ2) is 6.08. The number of esters is 1. The summed E-state index contributed by atoms with van der Waals surface area (Å²) in [5.41, 5.74) is 2.65. The van der Waals surface area contributed by atoms with Crippen LogP contribution in [0.25, 0.3) is 0 Å². The molecule has 1 aliphatic carbocycles. The lowest BCUT2D eigenvalue weighted by atomic mass is 9.90. The van der Waals surface area contributed by atoms with E-state index in [9.17, 15) is 13.6 Å². The average molecular weight is 297 g/mol. The second-order valence-electron chi connectivity index (χ2n) is 5.82. The van der Waals surface area contributed by atoms with Crippen LogP contribution in [0.2, 0.25) is 0 Å². The van der Waals surface area contributed by atoms with Crippen LogP contribution in [-0.4, -0.2) is 24.0 Å². The summed E-state index contributed by atoms with van der Waals surface area (Å²) in [6.07, 6.45) is 1.21. The van der Waals surface area contributed by atoms with Crippen molar-refractivity contribution in [2.45, 2.75) is 57.8 Å². The van der Waals surface area contributed by atoms with Gasteiger partial charge in [0, 0.05) is 24.5 Å². The minimum Gasteiger partial charge on any atom is -0.465 e. The van der Waals surface area contributed by atoms with Gasteiger partial charge in [-0.15, -0.1) is 0 Å². The third kappa shape index (κ3) is 3.57. The maximum atomic E-state index is 13.5. The number of hydrogen-bond acceptors (Lipinski definition) is 3. The maximum Gasteiger partial charge on any atom is 0.339 e. The van der Waals surface area contributed by atoms with Crippen molar-refractivity contribution in [1.29, 1.82) is 0 Å². The molecule has 21 heavy (non-hydrogen) atoms. The van der Waals surface area contributed by atoms with Gasteiger partial charge in [-0.1, -0.05) is 0 Å². The normalized spacial score (nSPS) is 21.7. The third-order valence-corrected chi connectivity index (χ3v) is 4.10. The molecule has 2 rings (SSSR count). The summed E-state index contributed by atoms with van der Waals surface area (Å²) in [5, 5.41) is 0. The lowest BCUT2D eigenvalue weighted by molar-refractivity contribution is -0.0141. The van der Waals surface area contributed by atoms with E-state index in [1.54, 1.807) is 0 Å². The topological polar surface area (TPSA) is 39.2 Å². The zero-order chi connectivity index (χ0) is 15.6. The van der Waals surface area contributed by atoms with E-state index in [0.717, 1.165) is 11.3 Å². The molecule has 0 N–H and O–H groups in total. The molecule has 1 heterocycles. The number of carbonyl (C=O) groups is 1. The van der Waals surface area contributed by atoms with Gasteiger partial charge >= 0.3 is 5.97 Å². The first kappa shape index (κ1) is 15.9. The van der Waals surface area contributed by atoms with Crippen LogP contribution in [0.15, 0.2) is 6.07 Å². The van der Waals surface area contributed by atoms with Crippen molar-refractivity contribution >= 4 is 5.97 Å². The predicted molar refractivity (Wildman–Crippen MR) is 75.8 cm³/mol. The van der Waals surface area contributed by atoms with Gasteiger partial charge in [0.1, 0.15) is 0 Å². The van der Waals surface area contributed by atoms with Gasteiger partial charge in [-0.25, -0.2) is 13.6 Å².